The first-order valence-electron chi connectivity index (χ1n) is 19.6. The molecule has 0 bridgehead atoms. The summed E-state index contributed by atoms with van der Waals surface area (Å²) in [5.74, 6) is -0.257. The number of alkyl carbamates (subject to hydrolysis) is 1. The number of nitrogens with one attached hydrogen (secondary N) is 3. The molecule has 5 fully saturated rings. The summed E-state index contributed by atoms with van der Waals surface area (Å²) in [4.78, 5) is 66.8. The number of hydrogen-bond acceptors (Lipinski definition) is 11. The van der Waals surface area contributed by atoms with E-state index < -0.39 is 68.2 Å². The third-order valence-corrected chi connectivity index (χ3v) is 14.7. The molecule has 4 aliphatic carbocycles. The van der Waals surface area contributed by atoms with Gasteiger partial charge in [0.25, 0.3) is 5.91 Å². The fourth-order valence-electron chi connectivity index (χ4n) is 8.53. The smallest absolute Gasteiger partial charge is 0.408 e. The van der Waals surface area contributed by atoms with Crippen molar-refractivity contribution in [3.05, 3.63) is 36.0 Å². The lowest BCUT2D eigenvalue weighted by molar-refractivity contribution is -0.141. The van der Waals surface area contributed by atoms with Crippen LogP contribution in [0.3, 0.4) is 0 Å². The number of allylic oxidation sites excluding steroid dienone is 1. The highest BCUT2D eigenvalue weighted by molar-refractivity contribution is 7.91. The van der Waals surface area contributed by atoms with Gasteiger partial charge in [0.05, 0.1) is 29.4 Å². The third kappa shape index (κ3) is 7.58. The van der Waals surface area contributed by atoms with Gasteiger partial charge in [0.15, 0.2) is 0 Å². The van der Waals surface area contributed by atoms with E-state index in [4.69, 9.17) is 14.2 Å². The quantitative estimate of drug-likeness (QED) is 0.332. The second-order valence-corrected chi connectivity index (χ2v) is 18.8. The van der Waals surface area contributed by atoms with E-state index >= 15 is 0 Å². The van der Waals surface area contributed by atoms with Crippen LogP contribution in [0, 0.1) is 24.7 Å². The molecule has 4 saturated carbocycles. The molecule has 6 aliphatic rings. The van der Waals surface area contributed by atoms with Gasteiger partial charge in [-0.2, -0.15) is 0 Å². The Morgan fingerprint density at radius 1 is 1.00 bits per heavy atom. The van der Waals surface area contributed by atoms with Crippen molar-refractivity contribution in [1.29, 1.82) is 0 Å². The molecule has 0 spiro atoms. The Kier molecular flexibility index (Phi) is 9.69. The lowest BCUT2D eigenvalue weighted by Crippen LogP contribution is -2.58. The first kappa shape index (κ1) is 37.5. The summed E-state index contributed by atoms with van der Waals surface area (Å²) in [6.45, 7) is 3.34. The molecule has 4 amide bonds. The zero-order chi connectivity index (χ0) is 38.7. The van der Waals surface area contributed by atoms with Crippen LogP contribution in [0.2, 0.25) is 0 Å². The number of nitrogens with zero attached hydrogens (tertiary/aromatic N) is 3. The minimum atomic E-state index is -3.98. The minimum absolute atomic E-state index is 0.0112. The molecule has 0 unspecified atom stereocenters. The number of sulfonamides is 1. The predicted octanol–water partition coefficient (Wildman–Crippen LogP) is 3.58. The molecule has 8 rings (SSSR count). The average Bonchev–Trinajstić information content (AvgIpc) is 4.10. The van der Waals surface area contributed by atoms with E-state index in [1.807, 2.05) is 12.2 Å². The normalized spacial score (nSPS) is 33.1. The van der Waals surface area contributed by atoms with Crippen molar-refractivity contribution < 1.29 is 41.8 Å². The second kappa shape index (κ2) is 14.2. The highest BCUT2D eigenvalue weighted by Gasteiger charge is 2.63. The van der Waals surface area contributed by atoms with E-state index in [1.165, 1.54) is 11.3 Å². The van der Waals surface area contributed by atoms with E-state index in [1.54, 1.807) is 39.2 Å². The molecule has 296 valence electrons. The number of hydrogen-bond donors (Lipinski definition) is 3. The molecular formula is C39H50N6O9S. The third-order valence-electron chi connectivity index (χ3n) is 12.5. The van der Waals surface area contributed by atoms with Gasteiger partial charge in [-0.05, 0) is 95.6 Å². The number of aryl methyl sites for hydroxylation is 1. The highest BCUT2D eigenvalue weighted by atomic mass is 32.2. The van der Waals surface area contributed by atoms with Gasteiger partial charge in [-0.25, -0.2) is 23.2 Å². The van der Waals surface area contributed by atoms with E-state index in [9.17, 15) is 27.6 Å². The van der Waals surface area contributed by atoms with E-state index in [0.717, 1.165) is 25.7 Å². The number of amides is 4. The second-order valence-electron chi connectivity index (χ2n) is 16.6. The number of carbonyl (C=O) groups excluding carboxylic acids is 4. The van der Waals surface area contributed by atoms with Gasteiger partial charge in [-0.1, -0.05) is 25.0 Å². The van der Waals surface area contributed by atoms with Crippen LogP contribution < -0.4 is 24.8 Å². The largest absolute Gasteiger partial charge is 0.497 e. The lowest BCUT2D eigenvalue weighted by Gasteiger charge is -2.30. The molecule has 1 aromatic carbocycles. The van der Waals surface area contributed by atoms with E-state index in [2.05, 4.69) is 25.3 Å². The number of ether oxygens (including phenoxy) is 3. The zero-order valence-electron chi connectivity index (χ0n) is 31.5. The Bertz CT molecular complexity index is 2030. The van der Waals surface area contributed by atoms with Crippen molar-refractivity contribution in [3.8, 4) is 11.6 Å². The molecule has 0 radical (unpaired) electrons. The Balaban J connectivity index is 1.07. The maximum absolute atomic E-state index is 14.6. The molecule has 1 saturated heterocycles. The first-order chi connectivity index (χ1) is 26.3. The molecule has 2 aromatic rings. The summed E-state index contributed by atoms with van der Waals surface area (Å²) in [5.41, 5.74) is 0.185. The molecular weight excluding hydrogens is 729 g/mol. The number of methoxy groups -OCH3 is 1. The van der Waals surface area contributed by atoms with Gasteiger partial charge >= 0.3 is 6.09 Å². The number of benzene rings is 1. The number of carbonyl (C=O) groups is 4. The van der Waals surface area contributed by atoms with E-state index in [0.29, 0.717) is 66.4 Å². The minimum Gasteiger partial charge on any atom is -0.497 e. The number of rotatable bonds is 8. The van der Waals surface area contributed by atoms with Crippen LogP contribution in [0.5, 0.6) is 11.6 Å². The van der Waals surface area contributed by atoms with Crippen molar-refractivity contribution >= 4 is 44.9 Å². The van der Waals surface area contributed by atoms with Crippen molar-refractivity contribution in [2.75, 3.05) is 13.7 Å². The summed E-state index contributed by atoms with van der Waals surface area (Å²) in [7, 11) is -2.43. The Hall–Kier alpha value is -4.47. The number of aromatic nitrogens is 2. The monoisotopic (exact) mass is 778 g/mol. The van der Waals surface area contributed by atoms with E-state index in [-0.39, 0.29) is 31.4 Å². The maximum Gasteiger partial charge on any atom is 0.408 e. The van der Waals surface area contributed by atoms with Crippen LogP contribution >= 0.6 is 0 Å². The fraction of sp³-hybridized carbons (Fsp3) is 0.641. The predicted molar refractivity (Wildman–Crippen MR) is 199 cm³/mol. The summed E-state index contributed by atoms with van der Waals surface area (Å²) in [6.07, 6.45) is 9.54. The van der Waals surface area contributed by atoms with Crippen LogP contribution in [-0.2, 0) is 29.1 Å². The molecule has 15 nitrogen and oxygen atoms in total. The van der Waals surface area contributed by atoms with Gasteiger partial charge in [0.2, 0.25) is 27.7 Å². The van der Waals surface area contributed by atoms with Gasteiger partial charge < -0.3 is 29.7 Å². The SMILES string of the molecule is COc1ccc2nc(C)c(O[C@@H]3C[C@H]4C(=O)N[C@]5(C(=O)NS(=O)(=O)C6(C)CC6)C[C@H]5/C=C\CCCCC[C@H](NC(=O)O[C@@H]5C[C@@H]6C[C@@H]6C5)C(=O)N4C3)nc2c1. The fourth-order valence-corrected chi connectivity index (χ4v) is 9.84. The van der Waals surface area contributed by atoms with Crippen molar-refractivity contribution in [3.63, 3.8) is 0 Å². The topological polar surface area (TPSA) is 195 Å². The molecule has 2 aliphatic heterocycles. The highest BCUT2D eigenvalue weighted by Crippen LogP contribution is 2.52. The summed E-state index contributed by atoms with van der Waals surface area (Å²) in [6, 6.07) is 3.25. The first-order valence-corrected chi connectivity index (χ1v) is 21.1. The van der Waals surface area contributed by atoms with Gasteiger partial charge in [0, 0.05) is 18.4 Å². The van der Waals surface area contributed by atoms with Crippen molar-refractivity contribution in [2.45, 2.75) is 125 Å². The van der Waals surface area contributed by atoms with Gasteiger partial charge in [0.1, 0.15) is 41.3 Å². The van der Waals surface area contributed by atoms with Crippen LogP contribution in [0.1, 0.15) is 89.7 Å². The van der Waals surface area contributed by atoms with Gasteiger partial charge in [-0.3, -0.25) is 19.1 Å². The molecule has 16 heteroatoms. The molecule has 3 N–H and O–H groups in total. The van der Waals surface area contributed by atoms with Gasteiger partial charge in [-0.15, -0.1) is 0 Å². The van der Waals surface area contributed by atoms with Crippen LogP contribution in [0.15, 0.2) is 30.4 Å². The Morgan fingerprint density at radius 2 is 1.78 bits per heavy atom. The van der Waals surface area contributed by atoms with Crippen molar-refractivity contribution in [2.24, 2.45) is 17.8 Å². The molecule has 3 heterocycles. The lowest BCUT2D eigenvalue weighted by atomic mass is 10.0. The molecule has 1 aromatic heterocycles. The summed E-state index contributed by atoms with van der Waals surface area (Å²) < 4.78 is 45.1. The molecule has 8 atom stereocenters. The summed E-state index contributed by atoms with van der Waals surface area (Å²) in [5, 5.41) is 5.73. The Labute approximate surface area is 320 Å². The van der Waals surface area contributed by atoms with Crippen LogP contribution in [0.25, 0.3) is 11.0 Å². The van der Waals surface area contributed by atoms with Crippen molar-refractivity contribution in [1.82, 2.24) is 30.2 Å². The van der Waals surface area contributed by atoms with Crippen LogP contribution in [0.4, 0.5) is 4.79 Å². The molecule has 55 heavy (non-hydrogen) atoms. The Morgan fingerprint density at radius 3 is 2.53 bits per heavy atom. The summed E-state index contributed by atoms with van der Waals surface area (Å²) >= 11 is 0. The maximum atomic E-state index is 14.6. The number of fused-ring (bicyclic) bond motifs is 4. The standard InChI is InChI=1S/C39H50N6O9S/c1-22-34(41-31-18-26(52-3)11-12-29(31)40-22)53-28-19-32-33(46)43-39(36(48)44-55(50,51)38(2)13-14-38)20-25(39)9-7-5-4-6-8-10-30(35(47)45(32)21-28)42-37(49)54-27-16-23-15-24(23)17-27/h7,9,11-12,18,23-25,27-28,30,32H,4-6,8,10,13-17,19-21H2,1-3H3,(H,42,49)(H,43,46)(H,44,48)/b9-7-/t23-,24+,25-,27+,28-,30+,32+,39-/m1/s1. The van der Waals surface area contributed by atoms with Crippen LogP contribution in [-0.4, -0.2) is 95.3 Å². The average molecular weight is 779 g/mol. The zero-order valence-corrected chi connectivity index (χ0v) is 32.4.